The molecule has 3 rings (SSSR count). The Morgan fingerprint density at radius 1 is 1.39 bits per heavy atom. The van der Waals surface area contributed by atoms with Gasteiger partial charge >= 0.3 is 6.03 Å². The zero-order valence-corrected chi connectivity index (χ0v) is 9.67. The topological polar surface area (TPSA) is 80.8 Å². The minimum atomic E-state index is -0.554. The van der Waals surface area contributed by atoms with Crippen LogP contribution in [0.2, 0.25) is 0 Å². The van der Waals surface area contributed by atoms with Crippen LogP contribution in [0.4, 0.5) is 10.5 Å². The van der Waals surface area contributed by atoms with Crippen molar-refractivity contribution >= 4 is 17.6 Å². The molecule has 1 aromatic rings. The number of hydrogen-bond donors (Lipinski definition) is 1. The van der Waals surface area contributed by atoms with Gasteiger partial charge in [-0.1, -0.05) is 0 Å². The molecule has 1 unspecified atom stereocenters. The van der Waals surface area contributed by atoms with Crippen LogP contribution in [0.1, 0.15) is 6.92 Å². The van der Waals surface area contributed by atoms with Crippen LogP contribution in [0, 0.1) is 0 Å². The second kappa shape index (κ2) is 3.86. The molecular weight excluding hydrogens is 238 g/mol. The fourth-order valence-corrected chi connectivity index (χ4v) is 1.96. The predicted molar refractivity (Wildman–Crippen MR) is 60.7 cm³/mol. The zero-order chi connectivity index (χ0) is 12.7. The first kappa shape index (κ1) is 10.8. The van der Waals surface area contributed by atoms with Crippen molar-refractivity contribution in [2.45, 2.75) is 13.0 Å². The fraction of sp³-hybridized carbons (Fsp3) is 0.364. The monoisotopic (exact) mass is 249 g/mol. The van der Waals surface area contributed by atoms with Gasteiger partial charge in [-0.15, -0.1) is 0 Å². The number of imide groups is 1. The van der Waals surface area contributed by atoms with E-state index in [1.165, 1.54) is 11.1 Å². The standard InChI is InChI=1S/C11H11N3O4/c1-6-9(15)13-11(16)14(6)7-4-8-10(12-5-7)18-3-2-17-8/h4-6H,2-3H2,1H3,(H,13,15,16). The molecule has 2 aliphatic rings. The van der Waals surface area contributed by atoms with E-state index in [4.69, 9.17) is 9.47 Å². The van der Waals surface area contributed by atoms with E-state index in [9.17, 15) is 9.59 Å². The first-order chi connectivity index (χ1) is 8.66. The summed E-state index contributed by atoms with van der Waals surface area (Å²) in [5.41, 5.74) is 0.509. The highest BCUT2D eigenvalue weighted by atomic mass is 16.6. The van der Waals surface area contributed by atoms with Crippen LogP contribution in [0.5, 0.6) is 11.6 Å². The van der Waals surface area contributed by atoms with Gasteiger partial charge in [-0.2, -0.15) is 0 Å². The highest BCUT2D eigenvalue weighted by Gasteiger charge is 2.36. The van der Waals surface area contributed by atoms with Gasteiger partial charge in [0, 0.05) is 6.07 Å². The van der Waals surface area contributed by atoms with E-state index in [0.717, 1.165) is 0 Å². The van der Waals surface area contributed by atoms with Gasteiger partial charge in [0.2, 0.25) is 0 Å². The van der Waals surface area contributed by atoms with Gasteiger partial charge in [0.05, 0.1) is 11.9 Å². The van der Waals surface area contributed by atoms with Gasteiger partial charge in [0.1, 0.15) is 19.3 Å². The second-order valence-corrected chi connectivity index (χ2v) is 4.03. The summed E-state index contributed by atoms with van der Waals surface area (Å²) in [6.07, 6.45) is 1.49. The lowest BCUT2D eigenvalue weighted by molar-refractivity contribution is -0.119. The molecule has 1 aromatic heterocycles. The molecule has 0 saturated carbocycles. The van der Waals surface area contributed by atoms with E-state index in [-0.39, 0.29) is 5.91 Å². The molecular formula is C11H11N3O4. The lowest BCUT2D eigenvalue weighted by Gasteiger charge is -2.22. The van der Waals surface area contributed by atoms with Crippen LogP contribution < -0.4 is 19.7 Å². The Morgan fingerprint density at radius 3 is 2.89 bits per heavy atom. The van der Waals surface area contributed by atoms with Crippen molar-refractivity contribution in [2.24, 2.45) is 0 Å². The zero-order valence-electron chi connectivity index (χ0n) is 9.67. The molecule has 1 N–H and O–H groups in total. The van der Waals surface area contributed by atoms with Crippen molar-refractivity contribution in [1.29, 1.82) is 0 Å². The number of nitrogens with zero attached hydrogens (tertiary/aromatic N) is 2. The average molecular weight is 249 g/mol. The highest BCUT2D eigenvalue weighted by Crippen LogP contribution is 2.32. The molecule has 7 heteroatoms. The summed E-state index contributed by atoms with van der Waals surface area (Å²) in [5.74, 6) is 0.566. The number of anilines is 1. The number of amides is 3. The van der Waals surface area contributed by atoms with Crippen LogP contribution in [0.3, 0.4) is 0 Å². The van der Waals surface area contributed by atoms with Crippen molar-refractivity contribution in [1.82, 2.24) is 10.3 Å². The van der Waals surface area contributed by atoms with E-state index in [1.54, 1.807) is 13.0 Å². The molecule has 0 radical (unpaired) electrons. The van der Waals surface area contributed by atoms with Gasteiger partial charge in [0.15, 0.2) is 5.75 Å². The van der Waals surface area contributed by atoms with E-state index < -0.39 is 12.1 Å². The van der Waals surface area contributed by atoms with Crippen LogP contribution in [-0.2, 0) is 4.79 Å². The summed E-state index contributed by atoms with van der Waals surface area (Å²) in [5, 5.41) is 2.24. The normalized spacial score (nSPS) is 22.1. The van der Waals surface area contributed by atoms with Gasteiger partial charge in [0.25, 0.3) is 11.8 Å². The van der Waals surface area contributed by atoms with Crippen LogP contribution >= 0.6 is 0 Å². The van der Waals surface area contributed by atoms with Crippen molar-refractivity contribution in [3.05, 3.63) is 12.3 Å². The number of ether oxygens (including phenoxy) is 2. The molecule has 94 valence electrons. The summed E-state index contributed by atoms with van der Waals surface area (Å²) in [7, 11) is 0. The largest absolute Gasteiger partial charge is 0.484 e. The third-order valence-corrected chi connectivity index (χ3v) is 2.88. The van der Waals surface area contributed by atoms with E-state index in [0.29, 0.717) is 30.5 Å². The molecule has 0 bridgehead atoms. The Hall–Kier alpha value is -2.31. The molecule has 18 heavy (non-hydrogen) atoms. The third-order valence-electron chi connectivity index (χ3n) is 2.88. The molecule has 0 spiro atoms. The highest BCUT2D eigenvalue weighted by molar-refractivity contribution is 6.14. The number of pyridine rings is 1. The second-order valence-electron chi connectivity index (χ2n) is 4.03. The summed E-state index contributed by atoms with van der Waals surface area (Å²) < 4.78 is 10.7. The van der Waals surface area contributed by atoms with E-state index >= 15 is 0 Å². The summed E-state index contributed by atoms with van der Waals surface area (Å²) in [4.78, 5) is 28.5. The molecule has 1 atom stereocenters. The maximum absolute atomic E-state index is 11.7. The van der Waals surface area contributed by atoms with Crippen LogP contribution in [0.15, 0.2) is 12.3 Å². The number of hydrogen-bond acceptors (Lipinski definition) is 5. The molecule has 3 heterocycles. The van der Waals surface area contributed by atoms with Crippen LogP contribution in [-0.4, -0.2) is 36.2 Å². The Bertz CT molecular complexity index is 531. The van der Waals surface area contributed by atoms with Gasteiger partial charge in [-0.3, -0.25) is 15.0 Å². The average Bonchev–Trinajstić information content (AvgIpc) is 2.63. The van der Waals surface area contributed by atoms with Crippen molar-refractivity contribution in [2.75, 3.05) is 18.1 Å². The fourth-order valence-electron chi connectivity index (χ4n) is 1.96. The predicted octanol–water partition coefficient (Wildman–Crippen LogP) is 0.297. The molecule has 3 amide bonds. The molecule has 0 aliphatic carbocycles. The Labute approximate surface area is 103 Å². The quantitative estimate of drug-likeness (QED) is 0.724. The van der Waals surface area contributed by atoms with E-state index in [2.05, 4.69) is 10.3 Å². The SMILES string of the molecule is CC1C(=O)NC(=O)N1c1cnc2c(c1)OCCO2. The summed E-state index contributed by atoms with van der Waals surface area (Å²) >= 11 is 0. The van der Waals surface area contributed by atoms with Crippen LogP contribution in [0.25, 0.3) is 0 Å². The van der Waals surface area contributed by atoms with Crippen molar-refractivity contribution in [3.8, 4) is 11.6 Å². The number of nitrogens with one attached hydrogen (secondary N) is 1. The molecule has 1 saturated heterocycles. The number of carbonyl (C=O) groups is 2. The number of urea groups is 1. The molecule has 0 aromatic carbocycles. The van der Waals surface area contributed by atoms with Crippen molar-refractivity contribution in [3.63, 3.8) is 0 Å². The smallest absolute Gasteiger partial charge is 0.329 e. The third kappa shape index (κ3) is 1.55. The Balaban J connectivity index is 1.97. The summed E-state index contributed by atoms with van der Waals surface area (Å²) in [6, 6.07) is 0.642. The number of rotatable bonds is 1. The lowest BCUT2D eigenvalue weighted by Crippen LogP contribution is -2.33. The minimum Gasteiger partial charge on any atom is -0.484 e. The number of aromatic nitrogens is 1. The minimum absolute atomic E-state index is 0.324. The molecule has 7 nitrogen and oxygen atoms in total. The van der Waals surface area contributed by atoms with Gasteiger partial charge in [-0.25, -0.2) is 9.78 Å². The lowest BCUT2D eigenvalue weighted by atomic mass is 10.2. The number of carbonyl (C=O) groups excluding carboxylic acids is 2. The van der Waals surface area contributed by atoms with Gasteiger partial charge < -0.3 is 9.47 Å². The maximum atomic E-state index is 11.7. The first-order valence-electron chi connectivity index (χ1n) is 5.56. The number of fused-ring (bicyclic) bond motifs is 1. The van der Waals surface area contributed by atoms with Gasteiger partial charge in [-0.05, 0) is 6.92 Å². The maximum Gasteiger partial charge on any atom is 0.329 e. The van der Waals surface area contributed by atoms with Crippen molar-refractivity contribution < 1.29 is 19.1 Å². The summed E-state index contributed by atoms with van der Waals surface area (Å²) in [6.45, 7) is 2.55. The Morgan fingerprint density at radius 2 is 2.17 bits per heavy atom. The molecule has 2 aliphatic heterocycles. The Kier molecular flexibility index (Phi) is 2.32. The first-order valence-corrected chi connectivity index (χ1v) is 5.56. The molecule has 1 fully saturated rings. The van der Waals surface area contributed by atoms with E-state index in [1.807, 2.05) is 0 Å².